The van der Waals surface area contributed by atoms with Crippen LogP contribution < -0.4 is 4.90 Å². The van der Waals surface area contributed by atoms with Crippen molar-refractivity contribution >= 4 is 16.7 Å². The van der Waals surface area contributed by atoms with E-state index in [1.54, 1.807) is 7.11 Å². The van der Waals surface area contributed by atoms with E-state index in [9.17, 15) is 8.78 Å². The minimum atomic E-state index is -2.23. The summed E-state index contributed by atoms with van der Waals surface area (Å²) in [6.45, 7) is 1.11. The minimum absolute atomic E-state index is 0.364. The lowest BCUT2D eigenvalue weighted by Crippen LogP contribution is -2.50. The van der Waals surface area contributed by atoms with Crippen LogP contribution in [0.4, 0.5) is 13.9 Å². The molecule has 0 bridgehead atoms. The summed E-state index contributed by atoms with van der Waals surface area (Å²) in [5.74, 6) is 0.0952. The lowest BCUT2D eigenvalue weighted by atomic mass is 10.0. The van der Waals surface area contributed by atoms with Crippen LogP contribution in [0.5, 0.6) is 0 Å². The van der Waals surface area contributed by atoms with Crippen LogP contribution in [0.2, 0.25) is 0 Å². The van der Waals surface area contributed by atoms with Gasteiger partial charge in [-0.15, -0.1) is 0 Å². The Morgan fingerprint density at radius 1 is 1.60 bits per heavy atom. The average Bonchev–Trinajstić information content (AvgIpc) is 2.50. The van der Waals surface area contributed by atoms with Gasteiger partial charge in [0.25, 0.3) is 0 Å². The molecular weight excluding hydrogens is 224 g/mol. The molecule has 0 N–H and O–H groups in total. The van der Waals surface area contributed by atoms with Crippen molar-refractivity contribution in [1.82, 2.24) is 9.36 Å². The zero-order valence-corrected chi connectivity index (χ0v) is 9.01. The molecule has 0 amide bonds. The maximum Gasteiger partial charge on any atom is 0.244 e. The Hall–Kier alpha value is -0.820. The Morgan fingerprint density at radius 2 is 2.33 bits per heavy atom. The highest BCUT2D eigenvalue weighted by molar-refractivity contribution is 7.09. The van der Waals surface area contributed by atoms with Gasteiger partial charge in [-0.05, 0) is 0 Å². The molecule has 0 radical (unpaired) electrons. The molecule has 15 heavy (non-hydrogen) atoms. The number of anilines is 1. The van der Waals surface area contributed by atoms with Crippen molar-refractivity contribution in [2.24, 2.45) is 5.92 Å². The van der Waals surface area contributed by atoms with E-state index in [1.807, 2.05) is 4.90 Å². The van der Waals surface area contributed by atoms with Gasteiger partial charge in [-0.25, -0.2) is 13.8 Å². The predicted octanol–water partition coefficient (Wildman–Crippen LogP) is 1.39. The monoisotopic (exact) mass is 235 g/mol. The van der Waals surface area contributed by atoms with E-state index in [0.717, 1.165) is 0 Å². The predicted molar refractivity (Wildman–Crippen MR) is 52.3 cm³/mol. The number of alkyl halides is 2. The highest BCUT2D eigenvalue weighted by atomic mass is 32.1. The van der Waals surface area contributed by atoms with Gasteiger partial charge in [0.1, 0.15) is 6.61 Å². The van der Waals surface area contributed by atoms with Gasteiger partial charge in [0.15, 0.2) is 5.82 Å². The first-order valence-corrected chi connectivity index (χ1v) is 5.32. The summed E-state index contributed by atoms with van der Waals surface area (Å²) in [5, 5.41) is 0.707. The summed E-state index contributed by atoms with van der Waals surface area (Å²) in [7, 11) is 1.57. The number of halogens is 2. The zero-order chi connectivity index (χ0) is 10.8. The van der Waals surface area contributed by atoms with Crippen LogP contribution in [0.3, 0.4) is 0 Å². The molecule has 0 aliphatic carbocycles. The SMILES string of the molecule is COCc1nsc(N2CC(C(F)F)C2)n1. The molecule has 0 unspecified atom stereocenters. The summed E-state index contributed by atoms with van der Waals surface area (Å²) in [6, 6.07) is 0. The van der Waals surface area contributed by atoms with Crippen LogP contribution in [0.1, 0.15) is 5.82 Å². The van der Waals surface area contributed by atoms with Gasteiger partial charge in [-0.1, -0.05) is 0 Å². The van der Waals surface area contributed by atoms with Crippen LogP contribution >= 0.6 is 11.5 Å². The molecule has 0 saturated carbocycles. The Morgan fingerprint density at radius 3 is 2.93 bits per heavy atom. The summed E-state index contributed by atoms with van der Waals surface area (Å²) in [4.78, 5) is 5.99. The Labute approximate surface area is 90.0 Å². The standard InChI is InChI=1S/C8H11F2N3OS/c1-14-4-6-11-8(15-12-6)13-2-5(3-13)7(9)10/h5,7H,2-4H2,1H3. The van der Waals surface area contributed by atoms with Gasteiger partial charge < -0.3 is 9.64 Å². The number of hydrogen-bond acceptors (Lipinski definition) is 5. The van der Waals surface area contributed by atoms with Crippen molar-refractivity contribution in [3.63, 3.8) is 0 Å². The average molecular weight is 235 g/mol. The second-order valence-electron chi connectivity index (χ2n) is 3.43. The molecular formula is C8H11F2N3OS. The minimum Gasteiger partial charge on any atom is -0.377 e. The first-order valence-electron chi connectivity index (χ1n) is 4.55. The maximum atomic E-state index is 12.2. The molecule has 2 heterocycles. The van der Waals surface area contributed by atoms with E-state index in [1.165, 1.54) is 11.5 Å². The molecule has 1 aliphatic heterocycles. The third-order valence-electron chi connectivity index (χ3n) is 2.27. The lowest BCUT2D eigenvalue weighted by Gasteiger charge is -2.38. The second kappa shape index (κ2) is 4.36. The smallest absolute Gasteiger partial charge is 0.244 e. The lowest BCUT2D eigenvalue weighted by molar-refractivity contribution is 0.0614. The van der Waals surface area contributed by atoms with Crippen LogP contribution in [0.25, 0.3) is 0 Å². The van der Waals surface area contributed by atoms with E-state index < -0.39 is 12.3 Å². The molecule has 2 rings (SSSR count). The Kier molecular flexibility index (Phi) is 3.11. The summed E-state index contributed by atoms with van der Waals surface area (Å²) < 4.78 is 33.4. The Bertz CT molecular complexity index is 327. The first-order chi connectivity index (χ1) is 7.20. The topological polar surface area (TPSA) is 38.2 Å². The number of nitrogens with zero attached hydrogens (tertiary/aromatic N) is 3. The van der Waals surface area contributed by atoms with E-state index in [4.69, 9.17) is 4.74 Å². The van der Waals surface area contributed by atoms with Crippen molar-refractivity contribution in [2.45, 2.75) is 13.0 Å². The van der Waals surface area contributed by atoms with Crippen molar-refractivity contribution in [3.05, 3.63) is 5.82 Å². The molecule has 1 aliphatic rings. The van der Waals surface area contributed by atoms with E-state index in [0.29, 0.717) is 30.7 Å². The van der Waals surface area contributed by atoms with Gasteiger partial charge in [-0.2, -0.15) is 4.37 Å². The molecule has 1 aromatic rings. The largest absolute Gasteiger partial charge is 0.377 e. The molecule has 7 heteroatoms. The van der Waals surface area contributed by atoms with E-state index in [2.05, 4.69) is 9.36 Å². The number of ether oxygens (including phenoxy) is 1. The quantitative estimate of drug-likeness (QED) is 0.790. The van der Waals surface area contributed by atoms with Crippen LogP contribution in [-0.2, 0) is 11.3 Å². The third-order valence-corrected chi connectivity index (χ3v) is 3.08. The van der Waals surface area contributed by atoms with Crippen LogP contribution in [-0.4, -0.2) is 36.0 Å². The molecule has 4 nitrogen and oxygen atoms in total. The van der Waals surface area contributed by atoms with E-state index in [-0.39, 0.29) is 0 Å². The summed E-state index contributed by atoms with van der Waals surface area (Å²) in [6.07, 6.45) is -2.23. The second-order valence-corrected chi connectivity index (χ2v) is 4.16. The zero-order valence-electron chi connectivity index (χ0n) is 8.19. The molecule has 1 fully saturated rings. The van der Waals surface area contributed by atoms with Crippen molar-refractivity contribution in [3.8, 4) is 0 Å². The molecule has 84 valence electrons. The number of rotatable bonds is 4. The molecule has 1 saturated heterocycles. The Balaban J connectivity index is 1.89. The van der Waals surface area contributed by atoms with Crippen molar-refractivity contribution < 1.29 is 13.5 Å². The fourth-order valence-electron chi connectivity index (χ4n) is 1.39. The molecule has 0 atom stereocenters. The van der Waals surface area contributed by atoms with Gasteiger partial charge in [0, 0.05) is 31.7 Å². The third kappa shape index (κ3) is 2.23. The number of aromatic nitrogens is 2. The van der Waals surface area contributed by atoms with Gasteiger partial charge in [0.05, 0.1) is 5.92 Å². The molecule has 1 aromatic heterocycles. The van der Waals surface area contributed by atoms with Crippen LogP contribution in [0, 0.1) is 5.92 Å². The van der Waals surface area contributed by atoms with E-state index >= 15 is 0 Å². The number of hydrogen-bond donors (Lipinski definition) is 0. The highest BCUT2D eigenvalue weighted by Gasteiger charge is 2.35. The normalized spacial score (nSPS) is 17.2. The van der Waals surface area contributed by atoms with Crippen molar-refractivity contribution in [2.75, 3.05) is 25.1 Å². The fraction of sp³-hybridized carbons (Fsp3) is 0.750. The maximum absolute atomic E-state index is 12.2. The van der Waals surface area contributed by atoms with Gasteiger partial charge in [-0.3, -0.25) is 0 Å². The highest BCUT2D eigenvalue weighted by Crippen LogP contribution is 2.29. The van der Waals surface area contributed by atoms with Gasteiger partial charge in [0.2, 0.25) is 11.6 Å². The summed E-state index contributed by atoms with van der Waals surface area (Å²) in [5.41, 5.74) is 0. The number of methoxy groups -OCH3 is 1. The van der Waals surface area contributed by atoms with Gasteiger partial charge >= 0.3 is 0 Å². The summed E-state index contributed by atoms with van der Waals surface area (Å²) >= 11 is 1.23. The molecule has 0 spiro atoms. The van der Waals surface area contributed by atoms with Crippen LogP contribution in [0.15, 0.2) is 0 Å². The van der Waals surface area contributed by atoms with Crippen molar-refractivity contribution in [1.29, 1.82) is 0 Å². The fourth-order valence-corrected chi connectivity index (χ4v) is 2.08. The first kappa shape index (κ1) is 10.7. The molecule has 0 aromatic carbocycles.